The molecule has 0 atom stereocenters. The van der Waals surface area contributed by atoms with Crippen molar-refractivity contribution in [2.24, 2.45) is 0 Å². The van der Waals surface area contributed by atoms with E-state index in [9.17, 15) is 0 Å². The number of halogens is 3. The minimum absolute atomic E-state index is 0.376. The van der Waals surface area contributed by atoms with Crippen LogP contribution in [0, 0.1) is 6.92 Å². The Morgan fingerprint density at radius 1 is 1.06 bits per heavy atom. The van der Waals surface area contributed by atoms with E-state index >= 15 is 0 Å². The van der Waals surface area contributed by atoms with Crippen molar-refractivity contribution in [3.63, 3.8) is 0 Å². The first-order valence-electron chi connectivity index (χ1n) is 4.66. The summed E-state index contributed by atoms with van der Waals surface area (Å²) in [5, 5.41) is 0.790. The molecule has 1 heterocycles. The summed E-state index contributed by atoms with van der Waals surface area (Å²) >= 11 is 15.3. The van der Waals surface area contributed by atoms with Crippen molar-refractivity contribution >= 4 is 39.1 Å². The lowest BCUT2D eigenvalue weighted by Gasteiger charge is -2.06. The Bertz CT molecular complexity index is 523. The zero-order valence-corrected chi connectivity index (χ0v) is 11.6. The van der Waals surface area contributed by atoms with Gasteiger partial charge in [0.05, 0.1) is 4.47 Å². The molecule has 1 aromatic heterocycles. The largest absolute Gasteiger partial charge is 0.223 e. The van der Waals surface area contributed by atoms with Crippen LogP contribution in [0.1, 0.15) is 5.56 Å². The molecule has 16 heavy (non-hydrogen) atoms. The van der Waals surface area contributed by atoms with Gasteiger partial charge in [-0.15, -0.1) is 0 Å². The van der Waals surface area contributed by atoms with Crippen LogP contribution < -0.4 is 0 Å². The molecule has 0 saturated carbocycles. The molecule has 82 valence electrons. The topological polar surface area (TPSA) is 12.9 Å². The Kier molecular flexibility index (Phi) is 3.53. The minimum Gasteiger partial charge on any atom is -0.223 e. The summed E-state index contributed by atoms with van der Waals surface area (Å²) in [6.07, 6.45) is 0. The Morgan fingerprint density at radius 3 is 2.31 bits per heavy atom. The Morgan fingerprint density at radius 2 is 1.69 bits per heavy atom. The molecule has 0 aliphatic rings. The van der Waals surface area contributed by atoms with Gasteiger partial charge in [0.25, 0.3) is 0 Å². The molecular weight excluding hydrogens is 309 g/mol. The molecule has 0 saturated heterocycles. The normalized spacial score (nSPS) is 10.5. The molecule has 1 aromatic carbocycles. The van der Waals surface area contributed by atoms with E-state index in [1.807, 2.05) is 37.3 Å². The summed E-state index contributed by atoms with van der Waals surface area (Å²) in [7, 11) is 0. The molecule has 0 spiro atoms. The molecule has 0 bridgehead atoms. The van der Waals surface area contributed by atoms with Crippen molar-refractivity contribution in [3.8, 4) is 11.1 Å². The van der Waals surface area contributed by atoms with Crippen LogP contribution in [0.2, 0.25) is 10.3 Å². The summed E-state index contributed by atoms with van der Waals surface area (Å²) in [5.41, 5.74) is 3.11. The third kappa shape index (κ3) is 2.40. The summed E-state index contributed by atoms with van der Waals surface area (Å²) in [4.78, 5) is 4.06. The van der Waals surface area contributed by atoms with Crippen LogP contribution in [-0.4, -0.2) is 4.98 Å². The summed E-state index contributed by atoms with van der Waals surface area (Å²) in [5.74, 6) is 0. The quantitative estimate of drug-likeness (QED) is 0.665. The number of hydrogen-bond donors (Lipinski definition) is 0. The lowest BCUT2D eigenvalue weighted by molar-refractivity contribution is 1.31. The Labute approximate surface area is 113 Å². The highest BCUT2D eigenvalue weighted by Gasteiger charge is 2.08. The minimum atomic E-state index is 0.376. The van der Waals surface area contributed by atoms with Crippen molar-refractivity contribution in [1.29, 1.82) is 0 Å². The van der Waals surface area contributed by atoms with Gasteiger partial charge in [0.1, 0.15) is 10.3 Å². The fourth-order valence-electron chi connectivity index (χ4n) is 1.38. The van der Waals surface area contributed by atoms with Crippen LogP contribution in [-0.2, 0) is 0 Å². The second-order valence-corrected chi connectivity index (χ2v) is 5.04. The number of pyridine rings is 1. The first kappa shape index (κ1) is 11.9. The predicted molar refractivity (Wildman–Crippen MR) is 72.1 cm³/mol. The van der Waals surface area contributed by atoms with Crippen molar-refractivity contribution in [2.75, 3.05) is 0 Å². The van der Waals surface area contributed by atoms with Crippen LogP contribution in [0.3, 0.4) is 0 Å². The predicted octanol–water partition coefficient (Wildman–Crippen LogP) is 5.13. The first-order chi connectivity index (χ1) is 7.58. The van der Waals surface area contributed by atoms with Gasteiger partial charge in [0.2, 0.25) is 0 Å². The molecule has 4 heteroatoms. The molecule has 0 aliphatic carbocycles. The Balaban J connectivity index is 2.56. The zero-order chi connectivity index (χ0) is 11.7. The maximum atomic E-state index is 6.06. The monoisotopic (exact) mass is 315 g/mol. The molecule has 1 nitrogen and oxygen atoms in total. The maximum Gasteiger partial charge on any atom is 0.145 e. The van der Waals surface area contributed by atoms with Gasteiger partial charge < -0.3 is 0 Å². The smallest absolute Gasteiger partial charge is 0.145 e. The molecule has 0 aliphatic heterocycles. The molecule has 0 N–H and O–H groups in total. The molecule has 0 amide bonds. The number of aryl methyl sites for hydroxylation is 1. The zero-order valence-electron chi connectivity index (χ0n) is 8.47. The lowest BCUT2D eigenvalue weighted by Crippen LogP contribution is -1.86. The molecule has 2 rings (SSSR count). The first-order valence-corrected chi connectivity index (χ1v) is 6.21. The van der Waals surface area contributed by atoms with Gasteiger partial charge in [-0.05, 0) is 34.5 Å². The number of benzene rings is 1. The van der Waals surface area contributed by atoms with E-state index in [1.165, 1.54) is 5.56 Å². The van der Waals surface area contributed by atoms with Gasteiger partial charge in [-0.2, -0.15) is 0 Å². The standard InChI is InChI=1S/C12H8BrCl2N/c1-7-2-4-8(5-3-7)9-6-10(13)12(15)16-11(9)14/h2-6H,1H3. The number of nitrogens with zero attached hydrogens (tertiary/aromatic N) is 1. The second-order valence-electron chi connectivity index (χ2n) is 3.47. The van der Waals surface area contributed by atoms with Crippen molar-refractivity contribution in [2.45, 2.75) is 6.92 Å². The number of hydrogen-bond acceptors (Lipinski definition) is 1. The van der Waals surface area contributed by atoms with Gasteiger partial charge in [0, 0.05) is 5.56 Å². The molecule has 0 fully saturated rings. The fraction of sp³-hybridized carbons (Fsp3) is 0.0833. The van der Waals surface area contributed by atoms with Crippen LogP contribution in [0.5, 0.6) is 0 Å². The van der Waals surface area contributed by atoms with E-state index in [4.69, 9.17) is 23.2 Å². The average molecular weight is 317 g/mol. The Hall–Kier alpha value is -0.570. The summed E-state index contributed by atoms with van der Waals surface area (Å²) in [6.45, 7) is 2.04. The highest BCUT2D eigenvalue weighted by Crippen LogP contribution is 2.32. The van der Waals surface area contributed by atoms with Gasteiger partial charge in [-0.25, -0.2) is 4.98 Å². The van der Waals surface area contributed by atoms with Gasteiger partial charge >= 0.3 is 0 Å². The van der Waals surface area contributed by atoms with Crippen molar-refractivity contribution in [1.82, 2.24) is 4.98 Å². The number of aromatic nitrogens is 1. The highest BCUT2D eigenvalue weighted by atomic mass is 79.9. The van der Waals surface area contributed by atoms with Crippen molar-refractivity contribution in [3.05, 3.63) is 50.7 Å². The van der Waals surface area contributed by atoms with Crippen LogP contribution in [0.15, 0.2) is 34.8 Å². The van der Waals surface area contributed by atoms with Crippen LogP contribution >= 0.6 is 39.1 Å². The molecule has 2 aromatic rings. The maximum absolute atomic E-state index is 6.06. The van der Waals surface area contributed by atoms with Crippen LogP contribution in [0.4, 0.5) is 0 Å². The average Bonchev–Trinajstić information content (AvgIpc) is 2.25. The van der Waals surface area contributed by atoms with E-state index in [-0.39, 0.29) is 0 Å². The molecular formula is C12H8BrCl2N. The molecule has 0 radical (unpaired) electrons. The summed E-state index contributed by atoms with van der Waals surface area (Å²) in [6, 6.07) is 9.97. The highest BCUT2D eigenvalue weighted by molar-refractivity contribution is 9.10. The van der Waals surface area contributed by atoms with E-state index in [2.05, 4.69) is 20.9 Å². The second kappa shape index (κ2) is 4.74. The van der Waals surface area contributed by atoms with E-state index in [1.54, 1.807) is 0 Å². The van der Waals surface area contributed by atoms with Crippen molar-refractivity contribution < 1.29 is 0 Å². The van der Waals surface area contributed by atoms with E-state index in [0.29, 0.717) is 10.3 Å². The SMILES string of the molecule is Cc1ccc(-c2cc(Br)c(Cl)nc2Cl)cc1. The van der Waals surface area contributed by atoms with E-state index < -0.39 is 0 Å². The fourth-order valence-corrected chi connectivity index (χ4v) is 2.13. The number of rotatable bonds is 1. The van der Waals surface area contributed by atoms with Gasteiger partial charge in [-0.1, -0.05) is 53.0 Å². The van der Waals surface area contributed by atoms with Gasteiger partial charge in [0.15, 0.2) is 0 Å². The summed E-state index contributed by atoms with van der Waals surface area (Å²) < 4.78 is 0.745. The third-order valence-electron chi connectivity index (χ3n) is 2.25. The molecule has 0 unspecified atom stereocenters. The lowest BCUT2D eigenvalue weighted by atomic mass is 10.1. The third-order valence-corrected chi connectivity index (χ3v) is 3.66. The van der Waals surface area contributed by atoms with Crippen LogP contribution in [0.25, 0.3) is 11.1 Å². The van der Waals surface area contributed by atoms with Gasteiger partial charge in [-0.3, -0.25) is 0 Å². The van der Waals surface area contributed by atoms with E-state index in [0.717, 1.165) is 15.6 Å².